The molecule has 2 aliphatic rings. The van der Waals surface area contributed by atoms with Gasteiger partial charge in [-0.3, -0.25) is 14.5 Å². The lowest BCUT2D eigenvalue weighted by atomic mass is 9.97. The molecule has 1 amide bonds. The molecule has 1 aromatic carbocycles. The highest BCUT2D eigenvalue weighted by Crippen LogP contribution is 2.28. The molecule has 160 valence electrons. The lowest BCUT2D eigenvalue weighted by molar-refractivity contribution is -0.142. The summed E-state index contributed by atoms with van der Waals surface area (Å²) in [7, 11) is 0. The summed E-state index contributed by atoms with van der Waals surface area (Å²) >= 11 is 0. The van der Waals surface area contributed by atoms with Crippen LogP contribution < -0.4 is 10.5 Å². The molecule has 9 heteroatoms. The van der Waals surface area contributed by atoms with E-state index in [1.54, 1.807) is 0 Å². The van der Waals surface area contributed by atoms with Gasteiger partial charge in [0.05, 0.1) is 6.54 Å². The number of benzene rings is 1. The number of para-hydroxylation sites is 1. The Labute approximate surface area is 171 Å². The van der Waals surface area contributed by atoms with Gasteiger partial charge in [-0.1, -0.05) is 18.2 Å². The number of carbonyl (C=O) groups is 1. The summed E-state index contributed by atoms with van der Waals surface area (Å²) in [4.78, 5) is 28.5. The number of amides is 1. The predicted octanol–water partition coefficient (Wildman–Crippen LogP) is 2.56. The van der Waals surface area contributed by atoms with Gasteiger partial charge in [0.2, 0.25) is 5.91 Å². The Morgan fingerprint density at radius 2 is 1.80 bits per heavy atom. The number of hydrogen-bond acceptors (Lipinski definition) is 4. The van der Waals surface area contributed by atoms with Gasteiger partial charge < -0.3 is 4.90 Å². The van der Waals surface area contributed by atoms with E-state index in [0.29, 0.717) is 45.1 Å². The minimum Gasteiger partial charge on any atom is -0.311 e. The Balaban J connectivity index is 1.32. The van der Waals surface area contributed by atoms with Crippen LogP contribution in [0.5, 0.6) is 0 Å². The molecule has 2 aromatic rings. The van der Waals surface area contributed by atoms with Crippen molar-refractivity contribution in [3.8, 4) is 0 Å². The minimum atomic E-state index is -4.58. The molecule has 0 N–H and O–H groups in total. The summed E-state index contributed by atoms with van der Waals surface area (Å²) in [6.45, 7) is 2.50. The van der Waals surface area contributed by atoms with E-state index in [1.807, 2.05) is 29.2 Å². The number of aromatic nitrogens is 2. The molecule has 0 bridgehead atoms. The molecule has 1 fully saturated rings. The van der Waals surface area contributed by atoms with Crippen molar-refractivity contribution in [3.63, 3.8) is 0 Å². The molecule has 0 radical (unpaired) electrons. The second kappa shape index (κ2) is 8.22. The normalized spacial score (nSPS) is 17.9. The topological polar surface area (TPSA) is 58.4 Å². The summed E-state index contributed by atoms with van der Waals surface area (Å²) < 4.78 is 39.5. The van der Waals surface area contributed by atoms with Crippen LogP contribution in [0.25, 0.3) is 0 Å². The number of anilines is 1. The van der Waals surface area contributed by atoms with Gasteiger partial charge in [0.15, 0.2) is 5.69 Å². The fourth-order valence-electron chi connectivity index (χ4n) is 4.18. The van der Waals surface area contributed by atoms with E-state index in [9.17, 15) is 22.8 Å². The number of hydrogen-bond donors (Lipinski definition) is 0. The van der Waals surface area contributed by atoms with Crippen molar-refractivity contribution < 1.29 is 18.0 Å². The Kier molecular flexibility index (Phi) is 5.64. The maximum absolute atomic E-state index is 12.9. The fourth-order valence-corrected chi connectivity index (χ4v) is 4.18. The van der Waals surface area contributed by atoms with Crippen LogP contribution in [0.3, 0.4) is 0 Å². The van der Waals surface area contributed by atoms with Gasteiger partial charge in [-0.15, -0.1) is 0 Å². The summed E-state index contributed by atoms with van der Waals surface area (Å²) in [5, 5.41) is 3.48. The molecular formula is C21H23F3N4O2. The number of alkyl halides is 3. The number of likely N-dealkylation sites (tertiary alicyclic amines) is 1. The van der Waals surface area contributed by atoms with Crippen molar-refractivity contribution in [1.29, 1.82) is 0 Å². The monoisotopic (exact) mass is 420 g/mol. The van der Waals surface area contributed by atoms with Gasteiger partial charge in [-0.25, -0.2) is 4.68 Å². The van der Waals surface area contributed by atoms with E-state index in [2.05, 4.69) is 10.00 Å². The average molecular weight is 420 g/mol. The van der Waals surface area contributed by atoms with Crippen LogP contribution in [-0.4, -0.2) is 46.8 Å². The van der Waals surface area contributed by atoms with E-state index in [0.717, 1.165) is 22.9 Å². The highest BCUT2D eigenvalue weighted by Gasteiger charge is 2.33. The van der Waals surface area contributed by atoms with Crippen molar-refractivity contribution in [1.82, 2.24) is 14.7 Å². The first-order valence-corrected chi connectivity index (χ1v) is 10.1. The zero-order valence-electron chi connectivity index (χ0n) is 16.4. The Morgan fingerprint density at radius 1 is 1.07 bits per heavy atom. The van der Waals surface area contributed by atoms with Crippen molar-refractivity contribution in [2.24, 2.45) is 5.92 Å². The molecule has 6 nitrogen and oxygen atoms in total. The van der Waals surface area contributed by atoms with Gasteiger partial charge in [0, 0.05) is 24.8 Å². The highest BCUT2D eigenvalue weighted by molar-refractivity contribution is 5.96. The van der Waals surface area contributed by atoms with Crippen LogP contribution in [0.15, 0.2) is 41.2 Å². The molecule has 0 saturated carbocycles. The van der Waals surface area contributed by atoms with Gasteiger partial charge in [-0.05, 0) is 56.0 Å². The Bertz CT molecular complexity index is 981. The van der Waals surface area contributed by atoms with E-state index in [4.69, 9.17) is 0 Å². The van der Waals surface area contributed by atoms with Crippen LogP contribution in [0.1, 0.15) is 24.1 Å². The quantitative estimate of drug-likeness (QED) is 0.763. The van der Waals surface area contributed by atoms with E-state index < -0.39 is 17.4 Å². The van der Waals surface area contributed by atoms with Crippen molar-refractivity contribution in [2.45, 2.75) is 32.0 Å². The van der Waals surface area contributed by atoms with Crippen LogP contribution in [-0.2, 0) is 23.9 Å². The number of piperidine rings is 1. The number of carbonyl (C=O) groups excluding carboxylic acids is 1. The molecule has 3 heterocycles. The fraction of sp³-hybridized carbons (Fsp3) is 0.476. The third-order valence-electron chi connectivity index (χ3n) is 5.84. The van der Waals surface area contributed by atoms with Gasteiger partial charge >= 0.3 is 6.18 Å². The first-order valence-electron chi connectivity index (χ1n) is 10.1. The minimum absolute atomic E-state index is 0.0533. The van der Waals surface area contributed by atoms with Crippen LogP contribution in [0, 0.1) is 5.92 Å². The number of fused-ring (bicyclic) bond motifs is 1. The summed E-state index contributed by atoms with van der Waals surface area (Å²) in [5.74, 6) is 0.117. The van der Waals surface area contributed by atoms with Crippen molar-refractivity contribution in [3.05, 3.63) is 58.0 Å². The van der Waals surface area contributed by atoms with Gasteiger partial charge in [-0.2, -0.15) is 18.3 Å². The molecular weight excluding hydrogens is 397 g/mol. The molecule has 0 atom stereocenters. The number of nitrogens with zero attached hydrogens (tertiary/aromatic N) is 4. The summed E-state index contributed by atoms with van der Waals surface area (Å²) in [6, 6.07) is 9.53. The first-order chi connectivity index (χ1) is 14.3. The maximum Gasteiger partial charge on any atom is 0.435 e. The Morgan fingerprint density at radius 3 is 2.53 bits per heavy atom. The first kappa shape index (κ1) is 20.6. The molecule has 1 saturated heterocycles. The molecule has 0 unspecified atom stereocenters. The second-order valence-electron chi connectivity index (χ2n) is 7.88. The molecule has 0 spiro atoms. The zero-order valence-corrected chi connectivity index (χ0v) is 16.4. The molecule has 1 aromatic heterocycles. The second-order valence-corrected chi connectivity index (χ2v) is 7.88. The summed E-state index contributed by atoms with van der Waals surface area (Å²) in [6.07, 6.45) is -2.31. The maximum atomic E-state index is 12.9. The zero-order chi connectivity index (χ0) is 21.3. The van der Waals surface area contributed by atoms with Gasteiger partial charge in [0.1, 0.15) is 0 Å². The average Bonchev–Trinajstić information content (AvgIpc) is 3.14. The standard InChI is InChI=1S/C21H23F3N4O2/c22-21(23,24)18-5-6-19(29)28(25-18)13-15-7-10-26(11-8-15)14-20(30)27-12-9-16-3-1-2-4-17(16)27/h1-6,15H,7-14H2. The lowest BCUT2D eigenvalue weighted by Gasteiger charge is -2.32. The van der Waals surface area contributed by atoms with Crippen molar-refractivity contribution >= 4 is 11.6 Å². The molecule has 4 rings (SSSR count). The SMILES string of the molecule is O=C(CN1CCC(Cn2nc(C(F)(F)F)ccc2=O)CC1)N1CCc2ccccc21. The third kappa shape index (κ3) is 4.40. The van der Waals surface area contributed by atoms with Crippen LogP contribution in [0.2, 0.25) is 0 Å². The van der Waals surface area contributed by atoms with Gasteiger partial charge in [0.25, 0.3) is 5.56 Å². The summed E-state index contributed by atoms with van der Waals surface area (Å²) in [5.41, 5.74) is 0.570. The number of rotatable bonds is 4. The van der Waals surface area contributed by atoms with E-state index >= 15 is 0 Å². The van der Waals surface area contributed by atoms with Crippen LogP contribution in [0.4, 0.5) is 18.9 Å². The lowest BCUT2D eigenvalue weighted by Crippen LogP contribution is -2.44. The van der Waals surface area contributed by atoms with E-state index in [-0.39, 0.29) is 18.4 Å². The van der Waals surface area contributed by atoms with E-state index in [1.165, 1.54) is 5.56 Å². The Hall–Kier alpha value is -2.68. The largest absolute Gasteiger partial charge is 0.435 e. The molecule has 30 heavy (non-hydrogen) atoms. The third-order valence-corrected chi connectivity index (χ3v) is 5.84. The smallest absolute Gasteiger partial charge is 0.311 e. The van der Waals surface area contributed by atoms with Crippen LogP contribution >= 0.6 is 0 Å². The highest BCUT2D eigenvalue weighted by atomic mass is 19.4. The molecule has 2 aliphatic heterocycles. The predicted molar refractivity (Wildman–Crippen MR) is 105 cm³/mol. The van der Waals surface area contributed by atoms with Crippen molar-refractivity contribution in [2.75, 3.05) is 31.1 Å². The molecule has 0 aliphatic carbocycles. The number of halogens is 3.